The van der Waals surface area contributed by atoms with Crippen LogP contribution in [-0.4, -0.2) is 69.6 Å². The number of hydrogen-bond acceptors (Lipinski definition) is 6. The maximum absolute atomic E-state index is 13.9. The number of carbonyl (C=O) groups excluding carboxylic acids is 3. The molecule has 3 aliphatic heterocycles. The van der Waals surface area contributed by atoms with Crippen LogP contribution < -0.4 is 15.4 Å². The molecule has 2 bridgehead atoms. The van der Waals surface area contributed by atoms with E-state index in [9.17, 15) is 14.4 Å². The first-order valence-corrected chi connectivity index (χ1v) is 14.1. The van der Waals surface area contributed by atoms with Crippen LogP contribution in [-0.2, 0) is 14.4 Å². The lowest BCUT2D eigenvalue weighted by atomic mass is 9.70. The SMILES string of the molecule is CCOc1ccc(NC(=O)[C@@H]2[C@@H]3CCC4(S3)C(C(=O)NC(C)C)N(CCCCCCO)C(=O)[C@H]24)cc1. The zero-order valence-corrected chi connectivity index (χ0v) is 22.3. The molecule has 1 spiro atoms. The maximum atomic E-state index is 13.9. The van der Waals surface area contributed by atoms with E-state index in [4.69, 9.17) is 9.84 Å². The van der Waals surface area contributed by atoms with E-state index < -0.39 is 22.6 Å². The molecule has 3 N–H and O–H groups in total. The summed E-state index contributed by atoms with van der Waals surface area (Å²) in [5.41, 5.74) is 0.672. The van der Waals surface area contributed by atoms with E-state index >= 15 is 0 Å². The third kappa shape index (κ3) is 5.09. The molecule has 3 heterocycles. The van der Waals surface area contributed by atoms with Gasteiger partial charge in [0.05, 0.1) is 23.2 Å². The molecule has 0 radical (unpaired) electrons. The van der Waals surface area contributed by atoms with Crippen LogP contribution in [0.3, 0.4) is 0 Å². The number of likely N-dealkylation sites (tertiary alicyclic amines) is 1. The number of fused-ring (bicyclic) bond motifs is 1. The van der Waals surface area contributed by atoms with Crippen LogP contribution >= 0.6 is 11.8 Å². The highest BCUT2D eigenvalue weighted by atomic mass is 32.2. The van der Waals surface area contributed by atoms with Crippen molar-refractivity contribution in [3.05, 3.63) is 24.3 Å². The lowest BCUT2D eigenvalue weighted by molar-refractivity contribution is -0.139. The van der Waals surface area contributed by atoms with Gasteiger partial charge in [0.1, 0.15) is 11.8 Å². The summed E-state index contributed by atoms with van der Waals surface area (Å²) >= 11 is 1.69. The summed E-state index contributed by atoms with van der Waals surface area (Å²) in [7, 11) is 0. The second-order valence-corrected chi connectivity index (χ2v) is 11.9. The van der Waals surface area contributed by atoms with Crippen molar-refractivity contribution in [3.63, 3.8) is 0 Å². The largest absolute Gasteiger partial charge is 0.494 e. The molecule has 36 heavy (non-hydrogen) atoms. The summed E-state index contributed by atoms with van der Waals surface area (Å²) in [6.07, 6.45) is 4.88. The molecule has 0 saturated carbocycles. The van der Waals surface area contributed by atoms with Crippen molar-refractivity contribution in [1.82, 2.24) is 10.2 Å². The van der Waals surface area contributed by atoms with Gasteiger partial charge in [0.25, 0.3) is 0 Å². The average molecular weight is 518 g/mol. The number of thioether (sulfide) groups is 1. The van der Waals surface area contributed by atoms with E-state index in [-0.39, 0.29) is 35.6 Å². The van der Waals surface area contributed by atoms with Crippen LogP contribution in [0.4, 0.5) is 5.69 Å². The number of nitrogens with one attached hydrogen (secondary N) is 2. The van der Waals surface area contributed by atoms with Gasteiger partial charge in [-0.2, -0.15) is 0 Å². The number of aliphatic hydroxyl groups excluding tert-OH is 1. The Bertz CT molecular complexity index is 955. The smallest absolute Gasteiger partial charge is 0.244 e. The van der Waals surface area contributed by atoms with Crippen molar-refractivity contribution >= 4 is 35.2 Å². The number of unbranched alkanes of at least 4 members (excludes halogenated alkanes) is 3. The molecule has 2 unspecified atom stereocenters. The number of carbonyl (C=O) groups is 3. The standard InChI is InChI=1S/C27H39N3O5S/c1-4-35-19-11-9-18(10-12-19)29-24(32)21-20-13-14-27(36-20)22(21)26(34)30(15-7-5-6-8-16-31)23(27)25(33)28-17(2)3/h9-12,17,20-23,31H,4-8,13-16H2,1-3H3,(H,28,33)(H,29,32)/t20-,21+,22-,23?,27?/m0/s1. The van der Waals surface area contributed by atoms with Crippen molar-refractivity contribution < 1.29 is 24.2 Å². The van der Waals surface area contributed by atoms with E-state index in [0.717, 1.165) is 44.3 Å². The number of aliphatic hydroxyl groups is 1. The van der Waals surface area contributed by atoms with Crippen molar-refractivity contribution in [2.24, 2.45) is 11.8 Å². The van der Waals surface area contributed by atoms with Gasteiger partial charge in [0.2, 0.25) is 17.7 Å². The van der Waals surface area contributed by atoms with Crippen LogP contribution in [0.15, 0.2) is 24.3 Å². The zero-order chi connectivity index (χ0) is 25.9. The van der Waals surface area contributed by atoms with Gasteiger partial charge in [-0.25, -0.2) is 0 Å². The summed E-state index contributed by atoms with van der Waals surface area (Å²) < 4.78 is 4.92. The Kier molecular flexibility index (Phi) is 8.50. The lowest BCUT2D eigenvalue weighted by Gasteiger charge is -2.34. The first-order valence-electron chi connectivity index (χ1n) is 13.3. The van der Waals surface area contributed by atoms with Gasteiger partial charge in [0, 0.05) is 30.1 Å². The zero-order valence-electron chi connectivity index (χ0n) is 21.5. The van der Waals surface area contributed by atoms with Crippen LogP contribution in [0, 0.1) is 11.8 Å². The van der Waals surface area contributed by atoms with Crippen LogP contribution in [0.25, 0.3) is 0 Å². The molecule has 5 atom stereocenters. The number of ether oxygens (including phenoxy) is 1. The lowest BCUT2D eigenvalue weighted by Crippen LogP contribution is -2.54. The summed E-state index contributed by atoms with van der Waals surface area (Å²) in [6.45, 7) is 7.00. The minimum atomic E-state index is -0.563. The Hall–Kier alpha value is -2.26. The highest BCUT2D eigenvalue weighted by Crippen LogP contribution is 2.66. The summed E-state index contributed by atoms with van der Waals surface area (Å²) in [5, 5.41) is 15.2. The minimum Gasteiger partial charge on any atom is -0.494 e. The van der Waals surface area contributed by atoms with Gasteiger partial charge >= 0.3 is 0 Å². The third-order valence-electron chi connectivity index (χ3n) is 7.52. The van der Waals surface area contributed by atoms with Crippen molar-refractivity contribution in [2.45, 2.75) is 81.4 Å². The van der Waals surface area contributed by atoms with Gasteiger partial charge in [-0.15, -0.1) is 11.8 Å². The van der Waals surface area contributed by atoms with Crippen LogP contribution in [0.1, 0.15) is 59.3 Å². The molecule has 1 aromatic carbocycles. The van der Waals surface area contributed by atoms with Gasteiger partial charge < -0.3 is 25.4 Å². The van der Waals surface area contributed by atoms with Gasteiger partial charge in [-0.05, 0) is 70.7 Å². The molecule has 1 aromatic rings. The van der Waals surface area contributed by atoms with Gasteiger partial charge in [-0.1, -0.05) is 12.8 Å². The summed E-state index contributed by atoms with van der Waals surface area (Å²) in [6, 6.07) is 6.68. The second-order valence-electron chi connectivity index (χ2n) is 10.3. The van der Waals surface area contributed by atoms with Crippen molar-refractivity contribution in [1.29, 1.82) is 0 Å². The topological polar surface area (TPSA) is 108 Å². The van der Waals surface area contributed by atoms with E-state index in [2.05, 4.69) is 10.6 Å². The van der Waals surface area contributed by atoms with Crippen LogP contribution in [0.2, 0.25) is 0 Å². The molecule has 3 saturated heterocycles. The number of amides is 3. The van der Waals surface area contributed by atoms with Crippen molar-refractivity contribution in [3.8, 4) is 5.75 Å². The van der Waals surface area contributed by atoms with E-state index in [1.54, 1.807) is 16.7 Å². The Balaban J connectivity index is 1.55. The fraction of sp³-hybridized carbons (Fsp3) is 0.667. The maximum Gasteiger partial charge on any atom is 0.244 e. The molecular weight excluding hydrogens is 478 g/mol. The highest BCUT2D eigenvalue weighted by Gasteiger charge is 2.73. The first kappa shape index (κ1) is 26.8. The Morgan fingerprint density at radius 3 is 2.56 bits per heavy atom. The van der Waals surface area contributed by atoms with Crippen molar-refractivity contribution in [2.75, 3.05) is 25.1 Å². The number of rotatable bonds is 12. The Morgan fingerprint density at radius 1 is 1.17 bits per heavy atom. The highest BCUT2D eigenvalue weighted by molar-refractivity contribution is 8.02. The normalized spacial score (nSPS) is 28.5. The number of nitrogens with zero attached hydrogens (tertiary/aromatic N) is 1. The number of hydrogen-bond donors (Lipinski definition) is 3. The predicted molar refractivity (Wildman–Crippen MR) is 141 cm³/mol. The van der Waals surface area contributed by atoms with Gasteiger partial charge in [-0.3, -0.25) is 14.4 Å². The third-order valence-corrected chi connectivity index (χ3v) is 9.47. The fourth-order valence-electron chi connectivity index (χ4n) is 6.13. The van der Waals surface area contributed by atoms with E-state index in [0.29, 0.717) is 18.8 Å². The number of benzene rings is 1. The van der Waals surface area contributed by atoms with E-state index in [1.165, 1.54) is 0 Å². The predicted octanol–water partition coefficient (Wildman–Crippen LogP) is 3.19. The summed E-state index contributed by atoms with van der Waals surface area (Å²) in [5.74, 6) is -0.547. The van der Waals surface area contributed by atoms with E-state index in [1.807, 2.05) is 45.0 Å². The molecule has 3 amide bonds. The average Bonchev–Trinajstić information content (AvgIpc) is 3.47. The Labute approximate surface area is 217 Å². The Morgan fingerprint density at radius 2 is 1.89 bits per heavy atom. The molecular formula is C27H39N3O5S. The van der Waals surface area contributed by atoms with Crippen LogP contribution in [0.5, 0.6) is 5.75 Å². The molecule has 4 rings (SSSR count). The summed E-state index contributed by atoms with van der Waals surface area (Å²) in [4.78, 5) is 42.6. The molecule has 3 fully saturated rings. The molecule has 8 nitrogen and oxygen atoms in total. The quantitative estimate of drug-likeness (QED) is 0.368. The molecule has 3 aliphatic rings. The first-order chi connectivity index (χ1) is 17.3. The molecule has 9 heteroatoms. The monoisotopic (exact) mass is 517 g/mol. The van der Waals surface area contributed by atoms with Gasteiger partial charge in [0.15, 0.2) is 0 Å². The molecule has 198 valence electrons. The molecule has 0 aliphatic carbocycles. The molecule has 0 aromatic heterocycles. The fourth-order valence-corrected chi connectivity index (χ4v) is 8.35. The second kappa shape index (κ2) is 11.4. The number of anilines is 1. The minimum absolute atomic E-state index is 0.0303.